The van der Waals surface area contributed by atoms with Gasteiger partial charge in [-0.2, -0.15) is 0 Å². The molecule has 0 saturated heterocycles. The molecule has 0 amide bonds. The summed E-state index contributed by atoms with van der Waals surface area (Å²) < 4.78 is 32.5. The van der Waals surface area contributed by atoms with Crippen molar-refractivity contribution in [2.24, 2.45) is 0 Å². The lowest BCUT2D eigenvalue weighted by Gasteiger charge is -2.06. The van der Waals surface area contributed by atoms with Gasteiger partial charge in [0, 0.05) is 10.0 Å². The summed E-state index contributed by atoms with van der Waals surface area (Å²) in [4.78, 5) is 12.1. The molecule has 0 saturated carbocycles. The average Bonchev–Trinajstić information content (AvgIpc) is 2.38. The van der Waals surface area contributed by atoms with Crippen molar-refractivity contribution < 1.29 is 18.3 Å². The molecule has 0 N–H and O–H groups in total. The second-order valence-electron chi connectivity index (χ2n) is 3.80. The first-order chi connectivity index (χ1) is 9.02. The highest BCUT2D eigenvalue weighted by Gasteiger charge is 2.16. The summed E-state index contributed by atoms with van der Waals surface area (Å²) in [6, 6.07) is 7.85. The normalized spacial score (nSPS) is 10.3. The van der Waals surface area contributed by atoms with Crippen LogP contribution in [0.2, 0.25) is 0 Å². The number of carbonyl (C=O) groups excluding carboxylic acids is 1. The number of hydrogen-bond acceptors (Lipinski definition) is 2. The first-order valence-electron chi connectivity index (χ1n) is 5.36. The zero-order valence-corrected chi connectivity index (χ0v) is 11.5. The molecular weight excluding hydrogens is 318 g/mol. The first kappa shape index (κ1) is 13.7. The molecule has 0 radical (unpaired) electrons. The Morgan fingerprint density at radius 3 is 2.42 bits per heavy atom. The summed E-state index contributed by atoms with van der Waals surface area (Å²) in [7, 11) is 1.33. The molecule has 0 bridgehead atoms. The van der Waals surface area contributed by atoms with Crippen LogP contribution < -0.4 is 4.74 Å². The van der Waals surface area contributed by atoms with Crippen molar-refractivity contribution in [3.05, 3.63) is 63.6 Å². The van der Waals surface area contributed by atoms with Gasteiger partial charge in [-0.3, -0.25) is 4.79 Å². The van der Waals surface area contributed by atoms with Gasteiger partial charge in [-0.25, -0.2) is 8.78 Å². The van der Waals surface area contributed by atoms with Crippen molar-refractivity contribution in [1.29, 1.82) is 0 Å². The third-order valence-corrected chi connectivity index (χ3v) is 3.08. The van der Waals surface area contributed by atoms with Crippen LogP contribution in [-0.4, -0.2) is 12.9 Å². The quantitative estimate of drug-likeness (QED) is 0.798. The monoisotopic (exact) mass is 326 g/mol. The second-order valence-corrected chi connectivity index (χ2v) is 4.72. The predicted octanol–water partition coefficient (Wildman–Crippen LogP) is 3.97. The van der Waals surface area contributed by atoms with Gasteiger partial charge >= 0.3 is 0 Å². The largest absolute Gasteiger partial charge is 0.494 e. The number of benzene rings is 2. The fraction of sp³-hybridized carbons (Fsp3) is 0.0714. The molecule has 0 heterocycles. The molecule has 0 fully saturated rings. The first-order valence-corrected chi connectivity index (χ1v) is 6.15. The Morgan fingerprint density at radius 2 is 1.84 bits per heavy atom. The molecule has 0 aliphatic carbocycles. The minimum Gasteiger partial charge on any atom is -0.494 e. The van der Waals surface area contributed by atoms with Crippen molar-refractivity contribution in [1.82, 2.24) is 0 Å². The molecule has 0 unspecified atom stereocenters. The lowest BCUT2D eigenvalue weighted by Crippen LogP contribution is -2.05. The smallest absolute Gasteiger partial charge is 0.196 e. The Kier molecular flexibility index (Phi) is 3.95. The summed E-state index contributed by atoms with van der Waals surface area (Å²) >= 11 is 3.10. The van der Waals surface area contributed by atoms with E-state index in [1.807, 2.05) is 0 Å². The molecule has 2 aromatic rings. The topological polar surface area (TPSA) is 26.3 Å². The van der Waals surface area contributed by atoms with Gasteiger partial charge in [-0.05, 0) is 36.4 Å². The fourth-order valence-corrected chi connectivity index (χ4v) is 1.97. The van der Waals surface area contributed by atoms with Crippen molar-refractivity contribution >= 4 is 21.7 Å². The summed E-state index contributed by atoms with van der Waals surface area (Å²) in [5, 5.41) is 0. The molecule has 0 aliphatic heterocycles. The van der Waals surface area contributed by atoms with E-state index in [2.05, 4.69) is 15.9 Å². The van der Waals surface area contributed by atoms with Gasteiger partial charge in [0.05, 0.1) is 12.7 Å². The van der Waals surface area contributed by atoms with E-state index in [-0.39, 0.29) is 16.9 Å². The zero-order valence-electron chi connectivity index (χ0n) is 9.91. The van der Waals surface area contributed by atoms with E-state index in [1.165, 1.54) is 31.4 Å². The Bertz CT molecular complexity index is 641. The Morgan fingerprint density at radius 1 is 1.11 bits per heavy atom. The molecule has 2 aromatic carbocycles. The minimum atomic E-state index is -0.661. The lowest BCUT2D eigenvalue weighted by atomic mass is 10.0. The van der Waals surface area contributed by atoms with Crippen molar-refractivity contribution in [3.63, 3.8) is 0 Å². The SMILES string of the molecule is COc1ccc(C(=O)c2ccc(Br)cc2F)cc1F. The molecule has 98 valence electrons. The number of ether oxygens (including phenoxy) is 1. The van der Waals surface area contributed by atoms with Crippen LogP contribution in [0.25, 0.3) is 0 Å². The number of halogens is 3. The van der Waals surface area contributed by atoms with Gasteiger partial charge in [0.2, 0.25) is 0 Å². The molecule has 2 nitrogen and oxygen atoms in total. The van der Waals surface area contributed by atoms with Crippen LogP contribution in [0.5, 0.6) is 5.75 Å². The van der Waals surface area contributed by atoms with E-state index in [1.54, 1.807) is 6.07 Å². The van der Waals surface area contributed by atoms with Crippen molar-refractivity contribution in [3.8, 4) is 5.75 Å². The molecular formula is C14H9BrF2O2. The van der Waals surface area contributed by atoms with Gasteiger partial charge in [-0.1, -0.05) is 15.9 Å². The predicted molar refractivity (Wildman–Crippen MR) is 70.5 cm³/mol. The molecule has 0 atom stereocenters. The Labute approximate surface area is 117 Å². The number of hydrogen-bond donors (Lipinski definition) is 0. The van der Waals surface area contributed by atoms with Crippen LogP contribution in [0, 0.1) is 11.6 Å². The third-order valence-electron chi connectivity index (χ3n) is 2.59. The zero-order chi connectivity index (χ0) is 14.0. The summed E-state index contributed by atoms with van der Waals surface area (Å²) in [6.07, 6.45) is 0. The van der Waals surface area contributed by atoms with Gasteiger partial charge in [0.25, 0.3) is 0 Å². The van der Waals surface area contributed by atoms with Crippen LogP contribution in [0.1, 0.15) is 15.9 Å². The molecule has 2 rings (SSSR count). The van der Waals surface area contributed by atoms with Gasteiger partial charge < -0.3 is 4.74 Å². The number of ketones is 1. The van der Waals surface area contributed by atoms with Gasteiger partial charge in [0.15, 0.2) is 17.3 Å². The highest BCUT2D eigenvalue weighted by Crippen LogP contribution is 2.22. The molecule has 0 aromatic heterocycles. The molecule has 0 aliphatic rings. The number of carbonyl (C=O) groups is 1. The fourth-order valence-electron chi connectivity index (χ4n) is 1.64. The van der Waals surface area contributed by atoms with Crippen LogP contribution >= 0.6 is 15.9 Å². The lowest BCUT2D eigenvalue weighted by molar-refractivity contribution is 0.103. The summed E-state index contributed by atoms with van der Waals surface area (Å²) in [6.45, 7) is 0. The Balaban J connectivity index is 2.41. The van der Waals surface area contributed by atoms with E-state index in [0.29, 0.717) is 4.47 Å². The standard InChI is InChI=1S/C14H9BrF2O2/c1-19-13-5-2-8(6-12(13)17)14(18)10-4-3-9(15)7-11(10)16/h2-7H,1H3. The number of rotatable bonds is 3. The summed E-state index contributed by atoms with van der Waals surface area (Å²) in [5.74, 6) is -1.86. The second kappa shape index (κ2) is 5.48. The van der Waals surface area contributed by atoms with Crippen molar-refractivity contribution in [2.75, 3.05) is 7.11 Å². The number of methoxy groups -OCH3 is 1. The highest BCUT2D eigenvalue weighted by molar-refractivity contribution is 9.10. The summed E-state index contributed by atoms with van der Waals surface area (Å²) in [5.41, 5.74) is -0.0349. The van der Waals surface area contributed by atoms with Crippen LogP contribution in [0.15, 0.2) is 40.9 Å². The van der Waals surface area contributed by atoms with E-state index in [0.717, 1.165) is 6.07 Å². The maximum Gasteiger partial charge on any atom is 0.196 e. The van der Waals surface area contributed by atoms with Crippen LogP contribution in [-0.2, 0) is 0 Å². The molecule has 0 spiro atoms. The van der Waals surface area contributed by atoms with E-state index in [4.69, 9.17) is 4.74 Å². The van der Waals surface area contributed by atoms with Gasteiger partial charge in [-0.15, -0.1) is 0 Å². The van der Waals surface area contributed by atoms with E-state index >= 15 is 0 Å². The van der Waals surface area contributed by atoms with Crippen molar-refractivity contribution in [2.45, 2.75) is 0 Å². The average molecular weight is 327 g/mol. The molecule has 5 heteroatoms. The Hall–Kier alpha value is -1.75. The maximum atomic E-state index is 13.7. The van der Waals surface area contributed by atoms with E-state index in [9.17, 15) is 13.6 Å². The van der Waals surface area contributed by atoms with Crippen LogP contribution in [0.4, 0.5) is 8.78 Å². The van der Waals surface area contributed by atoms with Gasteiger partial charge in [0.1, 0.15) is 5.82 Å². The minimum absolute atomic E-state index is 0.0350. The maximum absolute atomic E-state index is 13.7. The molecule has 19 heavy (non-hydrogen) atoms. The highest BCUT2D eigenvalue weighted by atomic mass is 79.9. The van der Waals surface area contributed by atoms with E-state index < -0.39 is 17.4 Å². The third kappa shape index (κ3) is 2.81. The van der Waals surface area contributed by atoms with Crippen LogP contribution in [0.3, 0.4) is 0 Å².